The first-order valence-electron chi connectivity index (χ1n) is 3.55. The SMILES string of the molecule is Nc1nn(-c2ncccn2)cc1Cl. The maximum absolute atomic E-state index is 5.72. The van der Waals surface area contributed by atoms with E-state index < -0.39 is 0 Å². The highest BCUT2D eigenvalue weighted by atomic mass is 35.5. The molecule has 0 aliphatic heterocycles. The molecule has 5 nitrogen and oxygen atoms in total. The lowest BCUT2D eigenvalue weighted by molar-refractivity contribution is 0.812. The summed E-state index contributed by atoms with van der Waals surface area (Å²) in [6, 6.07) is 1.72. The highest BCUT2D eigenvalue weighted by Gasteiger charge is 2.05. The van der Waals surface area contributed by atoms with E-state index in [0.29, 0.717) is 11.0 Å². The molecule has 13 heavy (non-hydrogen) atoms. The molecular weight excluding hydrogens is 190 g/mol. The Balaban J connectivity index is 2.48. The normalized spacial score (nSPS) is 10.2. The van der Waals surface area contributed by atoms with Gasteiger partial charge < -0.3 is 5.73 Å². The summed E-state index contributed by atoms with van der Waals surface area (Å²) in [5.74, 6) is 0.718. The van der Waals surface area contributed by atoms with Crippen molar-refractivity contribution in [2.75, 3.05) is 5.73 Å². The van der Waals surface area contributed by atoms with Crippen LogP contribution in [0.4, 0.5) is 5.82 Å². The number of rotatable bonds is 1. The minimum atomic E-state index is 0.272. The quantitative estimate of drug-likeness (QED) is 0.734. The molecule has 0 fully saturated rings. The van der Waals surface area contributed by atoms with E-state index in [9.17, 15) is 0 Å². The van der Waals surface area contributed by atoms with Crippen LogP contribution in [0.3, 0.4) is 0 Å². The van der Waals surface area contributed by atoms with Crippen LogP contribution >= 0.6 is 11.6 Å². The van der Waals surface area contributed by atoms with Crippen molar-refractivity contribution in [2.24, 2.45) is 0 Å². The molecule has 0 aliphatic rings. The Labute approximate surface area is 79.2 Å². The first-order chi connectivity index (χ1) is 6.27. The minimum Gasteiger partial charge on any atom is -0.381 e. The molecule has 0 saturated carbocycles. The van der Waals surface area contributed by atoms with Gasteiger partial charge in [-0.1, -0.05) is 11.6 Å². The molecule has 0 unspecified atom stereocenters. The molecule has 0 aliphatic carbocycles. The monoisotopic (exact) mass is 195 g/mol. The molecule has 0 atom stereocenters. The highest BCUT2D eigenvalue weighted by Crippen LogP contribution is 2.16. The van der Waals surface area contributed by atoms with Crippen LogP contribution < -0.4 is 5.73 Å². The molecule has 2 aromatic rings. The maximum atomic E-state index is 5.72. The maximum Gasteiger partial charge on any atom is 0.250 e. The molecule has 2 N–H and O–H groups in total. The summed E-state index contributed by atoms with van der Waals surface area (Å²) in [5, 5.41) is 4.31. The van der Waals surface area contributed by atoms with Gasteiger partial charge in [0, 0.05) is 12.4 Å². The van der Waals surface area contributed by atoms with Gasteiger partial charge in [0.2, 0.25) is 0 Å². The van der Waals surface area contributed by atoms with Gasteiger partial charge in [-0.2, -0.15) is 0 Å². The number of hydrogen-bond donors (Lipinski definition) is 1. The van der Waals surface area contributed by atoms with Crippen LogP contribution in [0.5, 0.6) is 0 Å². The summed E-state index contributed by atoms with van der Waals surface area (Å²) in [6.45, 7) is 0. The van der Waals surface area contributed by atoms with Gasteiger partial charge in [0.25, 0.3) is 5.95 Å². The third-order valence-corrected chi connectivity index (χ3v) is 1.74. The topological polar surface area (TPSA) is 69.6 Å². The second kappa shape index (κ2) is 3.02. The summed E-state index contributed by atoms with van der Waals surface area (Å²) < 4.78 is 1.43. The average molecular weight is 196 g/mol. The molecule has 66 valence electrons. The lowest BCUT2D eigenvalue weighted by Gasteiger charge is -1.95. The number of nitrogens with two attached hydrogens (primary N) is 1. The van der Waals surface area contributed by atoms with E-state index in [4.69, 9.17) is 17.3 Å². The summed E-state index contributed by atoms with van der Waals surface area (Å²) >= 11 is 5.72. The fourth-order valence-electron chi connectivity index (χ4n) is 0.878. The molecule has 0 radical (unpaired) electrons. The van der Waals surface area contributed by atoms with Gasteiger partial charge in [0.1, 0.15) is 5.02 Å². The van der Waals surface area contributed by atoms with Gasteiger partial charge in [-0.25, -0.2) is 14.6 Å². The summed E-state index contributed by atoms with van der Waals surface area (Å²) in [7, 11) is 0. The Bertz CT molecular complexity index is 391. The smallest absolute Gasteiger partial charge is 0.250 e. The van der Waals surface area contributed by atoms with E-state index in [1.54, 1.807) is 24.7 Å². The van der Waals surface area contributed by atoms with Gasteiger partial charge in [0.05, 0.1) is 6.20 Å². The van der Waals surface area contributed by atoms with E-state index in [-0.39, 0.29) is 5.82 Å². The van der Waals surface area contributed by atoms with Crippen molar-refractivity contribution in [3.63, 3.8) is 0 Å². The Morgan fingerprint density at radius 2 is 2.00 bits per heavy atom. The minimum absolute atomic E-state index is 0.272. The molecule has 2 aromatic heterocycles. The number of nitrogens with zero attached hydrogens (tertiary/aromatic N) is 4. The zero-order chi connectivity index (χ0) is 9.26. The first kappa shape index (κ1) is 8.00. The van der Waals surface area contributed by atoms with E-state index in [1.165, 1.54) is 4.68 Å². The third-order valence-electron chi connectivity index (χ3n) is 1.45. The fourth-order valence-corrected chi connectivity index (χ4v) is 1.01. The van der Waals surface area contributed by atoms with Gasteiger partial charge in [0.15, 0.2) is 5.82 Å². The predicted molar refractivity (Wildman–Crippen MR) is 48.6 cm³/mol. The number of aromatic nitrogens is 4. The van der Waals surface area contributed by atoms with Crippen LogP contribution in [-0.4, -0.2) is 19.7 Å². The molecule has 0 bridgehead atoms. The van der Waals surface area contributed by atoms with Crippen molar-refractivity contribution in [1.82, 2.24) is 19.7 Å². The Kier molecular flexibility index (Phi) is 1.86. The van der Waals surface area contributed by atoms with Crippen LogP contribution in [0.2, 0.25) is 5.02 Å². The molecule has 0 amide bonds. The van der Waals surface area contributed by atoms with Gasteiger partial charge >= 0.3 is 0 Å². The van der Waals surface area contributed by atoms with Crippen molar-refractivity contribution in [2.45, 2.75) is 0 Å². The lowest BCUT2D eigenvalue weighted by atomic mass is 10.6. The summed E-state index contributed by atoms with van der Waals surface area (Å²) in [5.41, 5.74) is 5.46. The zero-order valence-electron chi connectivity index (χ0n) is 6.55. The second-order valence-corrected chi connectivity index (χ2v) is 2.76. The molecule has 0 aromatic carbocycles. The van der Waals surface area contributed by atoms with E-state index >= 15 is 0 Å². The van der Waals surface area contributed by atoms with Gasteiger partial charge in [-0.05, 0) is 6.07 Å². The standard InChI is InChI=1S/C7H6ClN5/c8-5-4-13(12-6(5)9)7-10-2-1-3-11-7/h1-4H,(H2,9,12). The van der Waals surface area contributed by atoms with Crippen molar-refractivity contribution in [3.8, 4) is 5.95 Å². The van der Waals surface area contributed by atoms with Crippen molar-refractivity contribution < 1.29 is 0 Å². The molecule has 6 heteroatoms. The Morgan fingerprint density at radius 1 is 1.31 bits per heavy atom. The lowest BCUT2D eigenvalue weighted by Crippen LogP contribution is -2.00. The number of anilines is 1. The van der Waals surface area contributed by atoms with E-state index in [0.717, 1.165) is 0 Å². The van der Waals surface area contributed by atoms with Crippen molar-refractivity contribution in [3.05, 3.63) is 29.7 Å². The molecule has 0 spiro atoms. The molecular formula is C7H6ClN5. The predicted octanol–water partition coefficient (Wildman–Crippen LogP) is 0.898. The largest absolute Gasteiger partial charge is 0.381 e. The van der Waals surface area contributed by atoms with E-state index in [2.05, 4.69) is 15.1 Å². The van der Waals surface area contributed by atoms with Crippen molar-refractivity contribution >= 4 is 17.4 Å². The fraction of sp³-hybridized carbons (Fsp3) is 0. The number of halogens is 1. The second-order valence-electron chi connectivity index (χ2n) is 2.36. The average Bonchev–Trinajstić information content (AvgIpc) is 2.49. The summed E-state index contributed by atoms with van der Waals surface area (Å²) in [6.07, 6.45) is 4.80. The third kappa shape index (κ3) is 1.46. The van der Waals surface area contributed by atoms with Crippen LogP contribution in [0, 0.1) is 0 Å². The molecule has 0 saturated heterocycles. The Hall–Kier alpha value is -1.62. The summed E-state index contributed by atoms with van der Waals surface area (Å²) in [4.78, 5) is 7.96. The zero-order valence-corrected chi connectivity index (χ0v) is 7.31. The highest BCUT2D eigenvalue weighted by molar-refractivity contribution is 6.32. The molecule has 2 heterocycles. The van der Waals surface area contributed by atoms with Crippen LogP contribution in [-0.2, 0) is 0 Å². The van der Waals surface area contributed by atoms with Crippen LogP contribution in [0.1, 0.15) is 0 Å². The Morgan fingerprint density at radius 3 is 2.54 bits per heavy atom. The van der Waals surface area contributed by atoms with Crippen LogP contribution in [0.15, 0.2) is 24.7 Å². The molecule has 2 rings (SSSR count). The van der Waals surface area contributed by atoms with E-state index in [1.807, 2.05) is 0 Å². The van der Waals surface area contributed by atoms with Gasteiger partial charge in [-0.3, -0.25) is 0 Å². The van der Waals surface area contributed by atoms with Crippen molar-refractivity contribution in [1.29, 1.82) is 0 Å². The first-order valence-corrected chi connectivity index (χ1v) is 3.93. The number of nitrogen functional groups attached to an aromatic ring is 1. The van der Waals surface area contributed by atoms with Crippen LogP contribution in [0.25, 0.3) is 5.95 Å². The number of hydrogen-bond acceptors (Lipinski definition) is 4. The van der Waals surface area contributed by atoms with Gasteiger partial charge in [-0.15, -0.1) is 5.10 Å².